The van der Waals surface area contributed by atoms with Gasteiger partial charge in [0.15, 0.2) is 11.0 Å². The lowest BCUT2D eigenvalue weighted by Gasteiger charge is -2.20. The summed E-state index contributed by atoms with van der Waals surface area (Å²) in [6.07, 6.45) is 0. The fourth-order valence-corrected chi connectivity index (χ4v) is 4.16. The molecule has 0 spiro atoms. The van der Waals surface area contributed by atoms with E-state index in [0.717, 1.165) is 34.2 Å². The smallest absolute Gasteiger partial charge is 0.240 e. The molecule has 1 amide bonds. The van der Waals surface area contributed by atoms with Crippen LogP contribution in [-0.2, 0) is 11.3 Å². The molecule has 27 heavy (non-hydrogen) atoms. The molecule has 0 aliphatic carbocycles. The van der Waals surface area contributed by atoms with Crippen LogP contribution in [0, 0.1) is 6.92 Å². The number of hydrogen-bond donors (Lipinski definition) is 0. The Kier molecular flexibility index (Phi) is 5.96. The highest BCUT2D eigenvalue weighted by atomic mass is 32.2. The van der Waals surface area contributed by atoms with Crippen molar-refractivity contribution in [2.24, 2.45) is 0 Å². The molecule has 0 aliphatic rings. The second-order valence-electron chi connectivity index (χ2n) is 6.51. The van der Waals surface area contributed by atoms with Gasteiger partial charge in [0.1, 0.15) is 5.25 Å². The molecule has 3 aromatic rings. The molecule has 140 valence electrons. The SMILES string of the molecule is CCn1c(SC(C(=O)N(C)C)c2ccccc2)nnc1-c1ccccc1C. The quantitative estimate of drug-likeness (QED) is 0.602. The third-order valence-corrected chi connectivity index (χ3v) is 5.63. The summed E-state index contributed by atoms with van der Waals surface area (Å²) in [5.74, 6) is 0.872. The molecule has 1 unspecified atom stereocenters. The zero-order valence-electron chi connectivity index (χ0n) is 16.1. The summed E-state index contributed by atoms with van der Waals surface area (Å²) in [6, 6.07) is 18.0. The van der Waals surface area contributed by atoms with E-state index < -0.39 is 0 Å². The van der Waals surface area contributed by atoms with Gasteiger partial charge in [0.2, 0.25) is 5.91 Å². The maximum Gasteiger partial charge on any atom is 0.240 e. The minimum absolute atomic E-state index is 0.0364. The average Bonchev–Trinajstić information content (AvgIpc) is 3.09. The first-order chi connectivity index (χ1) is 13.0. The van der Waals surface area contributed by atoms with E-state index in [9.17, 15) is 4.79 Å². The first-order valence-corrected chi connectivity index (χ1v) is 9.82. The summed E-state index contributed by atoms with van der Waals surface area (Å²) < 4.78 is 2.08. The standard InChI is InChI=1S/C21H24N4OS/c1-5-25-19(17-14-10-9-11-15(17)2)22-23-21(25)27-18(20(26)24(3)4)16-12-7-6-8-13-16/h6-14,18H,5H2,1-4H3. The predicted molar refractivity (Wildman–Crippen MR) is 110 cm³/mol. The minimum Gasteiger partial charge on any atom is -0.348 e. The van der Waals surface area contributed by atoms with Crippen molar-refractivity contribution in [1.29, 1.82) is 0 Å². The summed E-state index contributed by atoms with van der Waals surface area (Å²) in [7, 11) is 3.56. The Morgan fingerprint density at radius 2 is 1.74 bits per heavy atom. The number of nitrogens with zero attached hydrogens (tertiary/aromatic N) is 4. The summed E-state index contributed by atoms with van der Waals surface area (Å²) >= 11 is 1.45. The van der Waals surface area contributed by atoms with Gasteiger partial charge in [-0.2, -0.15) is 0 Å². The number of aryl methyl sites for hydroxylation is 1. The average molecular weight is 381 g/mol. The first kappa shape index (κ1) is 19.2. The molecule has 2 aromatic carbocycles. The van der Waals surface area contributed by atoms with Gasteiger partial charge in [0.25, 0.3) is 0 Å². The molecule has 0 bridgehead atoms. The maximum absolute atomic E-state index is 12.8. The zero-order chi connectivity index (χ0) is 19.4. The lowest BCUT2D eigenvalue weighted by molar-refractivity contribution is -0.128. The van der Waals surface area contributed by atoms with Crippen LogP contribution in [0.5, 0.6) is 0 Å². The van der Waals surface area contributed by atoms with Gasteiger partial charge in [0.05, 0.1) is 0 Å². The second kappa shape index (κ2) is 8.39. The number of carbonyl (C=O) groups is 1. The second-order valence-corrected chi connectivity index (χ2v) is 7.58. The number of thioether (sulfide) groups is 1. The molecule has 0 saturated carbocycles. The largest absolute Gasteiger partial charge is 0.348 e. The Bertz CT molecular complexity index is 921. The zero-order valence-corrected chi connectivity index (χ0v) is 16.9. The van der Waals surface area contributed by atoms with E-state index in [1.165, 1.54) is 11.8 Å². The van der Waals surface area contributed by atoms with Crippen molar-refractivity contribution >= 4 is 17.7 Å². The van der Waals surface area contributed by atoms with Crippen LogP contribution < -0.4 is 0 Å². The third kappa shape index (κ3) is 4.06. The van der Waals surface area contributed by atoms with Crippen molar-refractivity contribution in [3.8, 4) is 11.4 Å². The van der Waals surface area contributed by atoms with Crippen LogP contribution in [-0.4, -0.2) is 39.7 Å². The maximum atomic E-state index is 12.8. The molecule has 1 atom stereocenters. The summed E-state index contributed by atoms with van der Waals surface area (Å²) in [6.45, 7) is 4.87. The van der Waals surface area contributed by atoms with Crippen LogP contribution in [0.2, 0.25) is 0 Å². The Balaban J connectivity index is 2.00. The summed E-state index contributed by atoms with van der Waals surface area (Å²) in [5.41, 5.74) is 3.18. The van der Waals surface area contributed by atoms with E-state index in [2.05, 4.69) is 40.7 Å². The Morgan fingerprint density at radius 1 is 1.07 bits per heavy atom. The monoisotopic (exact) mass is 380 g/mol. The van der Waals surface area contributed by atoms with E-state index in [0.29, 0.717) is 0 Å². The molecule has 0 N–H and O–H groups in total. The highest BCUT2D eigenvalue weighted by Gasteiger charge is 2.27. The van der Waals surface area contributed by atoms with Gasteiger partial charge in [-0.15, -0.1) is 10.2 Å². The van der Waals surface area contributed by atoms with Gasteiger partial charge in [-0.05, 0) is 25.0 Å². The van der Waals surface area contributed by atoms with Crippen molar-refractivity contribution in [3.05, 3.63) is 65.7 Å². The van der Waals surface area contributed by atoms with E-state index in [1.807, 2.05) is 42.5 Å². The molecule has 3 rings (SSSR count). The normalized spacial score (nSPS) is 12.0. The van der Waals surface area contributed by atoms with Crippen LogP contribution >= 0.6 is 11.8 Å². The van der Waals surface area contributed by atoms with Crippen molar-refractivity contribution in [1.82, 2.24) is 19.7 Å². The number of rotatable bonds is 6. The van der Waals surface area contributed by atoms with Gasteiger partial charge in [-0.25, -0.2) is 0 Å². The molecule has 0 radical (unpaired) electrons. The molecule has 1 heterocycles. The van der Waals surface area contributed by atoms with Gasteiger partial charge >= 0.3 is 0 Å². The Labute approximate surface area is 164 Å². The Hall–Kier alpha value is -2.60. The van der Waals surface area contributed by atoms with Crippen LogP contribution in [0.1, 0.15) is 23.3 Å². The van der Waals surface area contributed by atoms with Crippen molar-refractivity contribution in [2.75, 3.05) is 14.1 Å². The van der Waals surface area contributed by atoms with Gasteiger partial charge in [-0.3, -0.25) is 4.79 Å². The topological polar surface area (TPSA) is 51.0 Å². The highest BCUT2D eigenvalue weighted by molar-refractivity contribution is 8.00. The highest BCUT2D eigenvalue weighted by Crippen LogP contribution is 2.37. The summed E-state index contributed by atoms with van der Waals surface area (Å²) in [5, 5.41) is 9.24. The number of benzene rings is 2. The van der Waals surface area contributed by atoms with Gasteiger partial charge < -0.3 is 9.47 Å². The van der Waals surface area contributed by atoms with Crippen LogP contribution in [0.4, 0.5) is 0 Å². The molecule has 5 nitrogen and oxygen atoms in total. The lowest BCUT2D eigenvalue weighted by Crippen LogP contribution is -2.27. The molecule has 0 saturated heterocycles. The fraction of sp³-hybridized carbons (Fsp3) is 0.286. The lowest BCUT2D eigenvalue weighted by atomic mass is 10.1. The number of carbonyl (C=O) groups excluding carboxylic acids is 1. The molecular formula is C21H24N4OS. The molecule has 6 heteroatoms. The number of aromatic nitrogens is 3. The Morgan fingerprint density at radius 3 is 2.37 bits per heavy atom. The van der Waals surface area contributed by atoms with E-state index >= 15 is 0 Å². The van der Waals surface area contributed by atoms with E-state index in [-0.39, 0.29) is 11.2 Å². The fourth-order valence-electron chi connectivity index (χ4n) is 2.91. The molecular weight excluding hydrogens is 356 g/mol. The van der Waals surface area contributed by atoms with Gasteiger partial charge in [0, 0.05) is 26.2 Å². The third-order valence-electron chi connectivity index (χ3n) is 4.41. The van der Waals surface area contributed by atoms with Crippen molar-refractivity contribution in [3.63, 3.8) is 0 Å². The van der Waals surface area contributed by atoms with E-state index in [4.69, 9.17) is 0 Å². The predicted octanol–water partition coefficient (Wildman–Crippen LogP) is 4.20. The molecule has 0 aliphatic heterocycles. The van der Waals surface area contributed by atoms with Crippen molar-refractivity contribution in [2.45, 2.75) is 30.8 Å². The van der Waals surface area contributed by atoms with Crippen molar-refractivity contribution < 1.29 is 4.79 Å². The number of amides is 1. The summed E-state index contributed by atoms with van der Waals surface area (Å²) in [4.78, 5) is 14.5. The van der Waals surface area contributed by atoms with Crippen LogP contribution in [0.3, 0.4) is 0 Å². The molecule has 0 fully saturated rings. The molecule has 1 aromatic heterocycles. The number of likely N-dealkylation sites (N-methyl/N-ethyl adjacent to an activating group) is 1. The van der Waals surface area contributed by atoms with Gasteiger partial charge in [-0.1, -0.05) is 66.4 Å². The minimum atomic E-state index is -0.361. The number of hydrogen-bond acceptors (Lipinski definition) is 4. The first-order valence-electron chi connectivity index (χ1n) is 8.95. The van der Waals surface area contributed by atoms with Crippen LogP contribution in [0.15, 0.2) is 59.8 Å². The van der Waals surface area contributed by atoms with Crippen LogP contribution in [0.25, 0.3) is 11.4 Å². The van der Waals surface area contributed by atoms with E-state index in [1.54, 1.807) is 19.0 Å².